The molecule has 1 unspecified atom stereocenters. The minimum absolute atomic E-state index is 0.224. The van der Waals surface area contributed by atoms with Gasteiger partial charge in [0.15, 0.2) is 0 Å². The minimum atomic E-state index is 0.224. The lowest BCUT2D eigenvalue weighted by atomic mass is 9.88. The largest absolute Gasteiger partial charge is 0.308 e. The molecule has 1 aromatic carbocycles. The van der Waals surface area contributed by atoms with E-state index < -0.39 is 0 Å². The second-order valence-corrected chi connectivity index (χ2v) is 6.48. The van der Waals surface area contributed by atoms with E-state index in [1.54, 1.807) is 11.1 Å². The first-order valence-electron chi connectivity index (χ1n) is 7.36. The van der Waals surface area contributed by atoms with Crippen molar-refractivity contribution in [2.45, 2.75) is 57.3 Å². The molecule has 0 bridgehead atoms. The minimum Gasteiger partial charge on any atom is -0.308 e. The molecule has 0 amide bonds. The van der Waals surface area contributed by atoms with Gasteiger partial charge in [-0.1, -0.05) is 18.2 Å². The summed E-state index contributed by atoms with van der Waals surface area (Å²) < 4.78 is 0. The van der Waals surface area contributed by atoms with Crippen LogP contribution < -0.4 is 5.32 Å². The number of rotatable bonds is 2. The predicted molar refractivity (Wildman–Crippen MR) is 73.3 cm³/mol. The van der Waals surface area contributed by atoms with Gasteiger partial charge in [-0.15, -0.1) is 0 Å². The average molecular weight is 242 g/mol. The Bertz CT molecular complexity index is 470. The zero-order chi connectivity index (χ0) is 12.2. The average Bonchev–Trinajstić information content (AvgIpc) is 2.99. The molecule has 1 saturated heterocycles. The molecule has 1 aliphatic carbocycles. The normalized spacial score (nSPS) is 31.8. The van der Waals surface area contributed by atoms with Gasteiger partial charge in [-0.2, -0.15) is 0 Å². The first-order valence-corrected chi connectivity index (χ1v) is 7.36. The fourth-order valence-corrected chi connectivity index (χ4v) is 3.60. The van der Waals surface area contributed by atoms with Crippen molar-refractivity contribution in [3.63, 3.8) is 0 Å². The van der Waals surface area contributed by atoms with Gasteiger partial charge in [0, 0.05) is 24.7 Å². The van der Waals surface area contributed by atoms with Gasteiger partial charge in [-0.05, 0) is 55.8 Å². The topological polar surface area (TPSA) is 15.3 Å². The highest BCUT2D eigenvalue weighted by Gasteiger charge is 2.35. The van der Waals surface area contributed by atoms with Gasteiger partial charge in [0.05, 0.1) is 0 Å². The molecule has 2 heterocycles. The quantitative estimate of drug-likeness (QED) is 0.858. The highest BCUT2D eigenvalue weighted by atomic mass is 15.2. The molecule has 2 aliphatic heterocycles. The summed E-state index contributed by atoms with van der Waals surface area (Å²) in [6.07, 6.45) is 5.42. The van der Waals surface area contributed by atoms with Crippen molar-refractivity contribution in [1.82, 2.24) is 10.2 Å². The van der Waals surface area contributed by atoms with Crippen LogP contribution in [0.3, 0.4) is 0 Å². The van der Waals surface area contributed by atoms with E-state index in [4.69, 9.17) is 0 Å². The van der Waals surface area contributed by atoms with E-state index in [0.29, 0.717) is 0 Å². The van der Waals surface area contributed by atoms with Gasteiger partial charge in [0.1, 0.15) is 0 Å². The molecule has 1 aromatic rings. The fourth-order valence-electron chi connectivity index (χ4n) is 3.60. The summed E-state index contributed by atoms with van der Waals surface area (Å²) in [5, 5.41) is 3.67. The molecule has 2 fully saturated rings. The lowest BCUT2D eigenvalue weighted by molar-refractivity contribution is 0.273. The molecule has 1 saturated carbocycles. The standard InChI is InChI=1S/C16H22N2/c1-16(7-2-8-17-16)14-4-3-12-10-18(15-5-6-15)11-13(12)9-14/h3-4,9,15,17H,2,5-8,10-11H2,1H3. The van der Waals surface area contributed by atoms with Crippen LogP contribution in [-0.4, -0.2) is 17.5 Å². The Hall–Kier alpha value is -0.860. The summed E-state index contributed by atoms with van der Waals surface area (Å²) in [6.45, 7) is 5.89. The van der Waals surface area contributed by atoms with E-state index in [1.165, 1.54) is 50.9 Å². The maximum Gasteiger partial charge on any atom is 0.0406 e. The van der Waals surface area contributed by atoms with Gasteiger partial charge in [-0.3, -0.25) is 4.90 Å². The smallest absolute Gasteiger partial charge is 0.0406 e. The van der Waals surface area contributed by atoms with Crippen molar-refractivity contribution in [2.75, 3.05) is 6.54 Å². The Balaban J connectivity index is 1.63. The van der Waals surface area contributed by atoms with Crippen LogP contribution in [0.15, 0.2) is 18.2 Å². The molecular weight excluding hydrogens is 220 g/mol. The second-order valence-electron chi connectivity index (χ2n) is 6.48. The molecular formula is C16H22N2. The van der Waals surface area contributed by atoms with E-state index in [-0.39, 0.29) is 5.54 Å². The number of hydrogen-bond donors (Lipinski definition) is 1. The molecule has 96 valence electrons. The van der Waals surface area contributed by atoms with Crippen LogP contribution in [0.25, 0.3) is 0 Å². The summed E-state index contributed by atoms with van der Waals surface area (Å²) in [6, 6.07) is 8.09. The van der Waals surface area contributed by atoms with Gasteiger partial charge in [0.2, 0.25) is 0 Å². The molecule has 1 N–H and O–H groups in total. The zero-order valence-corrected chi connectivity index (χ0v) is 11.2. The Morgan fingerprint density at radius 1 is 1.22 bits per heavy atom. The number of hydrogen-bond acceptors (Lipinski definition) is 2. The Morgan fingerprint density at radius 2 is 2.06 bits per heavy atom. The highest BCUT2D eigenvalue weighted by Crippen LogP contribution is 2.37. The third kappa shape index (κ3) is 1.70. The molecule has 18 heavy (non-hydrogen) atoms. The van der Waals surface area contributed by atoms with Crippen molar-refractivity contribution < 1.29 is 0 Å². The number of fused-ring (bicyclic) bond motifs is 1. The van der Waals surface area contributed by atoms with Crippen molar-refractivity contribution in [2.24, 2.45) is 0 Å². The van der Waals surface area contributed by atoms with Crippen LogP contribution in [0, 0.1) is 0 Å². The predicted octanol–water partition coefficient (Wildman–Crippen LogP) is 2.76. The van der Waals surface area contributed by atoms with Crippen molar-refractivity contribution >= 4 is 0 Å². The van der Waals surface area contributed by atoms with E-state index in [2.05, 4.69) is 35.3 Å². The third-order valence-corrected chi connectivity index (χ3v) is 5.02. The summed E-state index contributed by atoms with van der Waals surface area (Å²) in [5.41, 5.74) is 4.86. The zero-order valence-electron chi connectivity index (χ0n) is 11.2. The molecule has 1 atom stereocenters. The monoisotopic (exact) mass is 242 g/mol. The lowest BCUT2D eigenvalue weighted by Crippen LogP contribution is -2.33. The van der Waals surface area contributed by atoms with Gasteiger partial charge in [-0.25, -0.2) is 0 Å². The van der Waals surface area contributed by atoms with Gasteiger partial charge >= 0.3 is 0 Å². The van der Waals surface area contributed by atoms with E-state index in [9.17, 15) is 0 Å². The van der Waals surface area contributed by atoms with Crippen LogP contribution in [0.2, 0.25) is 0 Å². The summed E-state index contributed by atoms with van der Waals surface area (Å²) in [7, 11) is 0. The Labute approximate surface area is 109 Å². The third-order valence-electron chi connectivity index (χ3n) is 5.02. The van der Waals surface area contributed by atoms with E-state index >= 15 is 0 Å². The van der Waals surface area contributed by atoms with Crippen LogP contribution in [0.5, 0.6) is 0 Å². The number of benzene rings is 1. The highest BCUT2D eigenvalue weighted by molar-refractivity contribution is 5.38. The van der Waals surface area contributed by atoms with Crippen LogP contribution >= 0.6 is 0 Å². The Morgan fingerprint density at radius 3 is 2.78 bits per heavy atom. The first kappa shape index (κ1) is 11.0. The molecule has 3 aliphatic rings. The van der Waals surface area contributed by atoms with Crippen molar-refractivity contribution in [3.8, 4) is 0 Å². The summed E-state index contributed by atoms with van der Waals surface area (Å²) in [4.78, 5) is 2.65. The fraction of sp³-hybridized carbons (Fsp3) is 0.625. The number of nitrogens with one attached hydrogen (secondary N) is 1. The molecule has 0 radical (unpaired) electrons. The maximum atomic E-state index is 3.67. The SMILES string of the molecule is CC1(c2ccc3c(c2)CN(C2CC2)C3)CCCN1. The summed E-state index contributed by atoms with van der Waals surface area (Å²) in [5.74, 6) is 0. The van der Waals surface area contributed by atoms with Crippen molar-refractivity contribution in [1.29, 1.82) is 0 Å². The van der Waals surface area contributed by atoms with E-state index in [1.807, 2.05) is 0 Å². The molecule has 4 rings (SSSR count). The van der Waals surface area contributed by atoms with E-state index in [0.717, 1.165) is 6.04 Å². The molecule has 0 spiro atoms. The molecule has 2 heteroatoms. The first-order chi connectivity index (χ1) is 8.74. The molecule has 0 aromatic heterocycles. The molecule has 2 nitrogen and oxygen atoms in total. The van der Waals surface area contributed by atoms with Gasteiger partial charge < -0.3 is 5.32 Å². The van der Waals surface area contributed by atoms with Crippen LogP contribution in [0.4, 0.5) is 0 Å². The number of nitrogens with zero attached hydrogens (tertiary/aromatic N) is 1. The van der Waals surface area contributed by atoms with Crippen LogP contribution in [0.1, 0.15) is 49.3 Å². The second kappa shape index (κ2) is 3.82. The lowest BCUT2D eigenvalue weighted by Gasteiger charge is -2.25. The maximum absolute atomic E-state index is 3.67. The van der Waals surface area contributed by atoms with Crippen LogP contribution in [-0.2, 0) is 18.6 Å². The Kier molecular flexibility index (Phi) is 2.33. The summed E-state index contributed by atoms with van der Waals surface area (Å²) >= 11 is 0. The van der Waals surface area contributed by atoms with Gasteiger partial charge in [0.25, 0.3) is 0 Å². The van der Waals surface area contributed by atoms with Crippen molar-refractivity contribution in [3.05, 3.63) is 34.9 Å².